The predicted octanol–water partition coefficient (Wildman–Crippen LogP) is 1.69. The first-order valence-corrected chi connectivity index (χ1v) is 8.90. The smallest absolute Gasteiger partial charge is 0.263 e. The number of amides is 1. The molecular formula is C19H29N3O2. The summed E-state index contributed by atoms with van der Waals surface area (Å²) in [6.45, 7) is 6.60. The zero-order chi connectivity index (χ0) is 17.2. The first kappa shape index (κ1) is 17.2. The molecule has 2 aliphatic rings. The molecule has 0 aromatic heterocycles. The van der Waals surface area contributed by atoms with Crippen LogP contribution in [0.25, 0.3) is 0 Å². The number of rotatable bonds is 3. The maximum atomic E-state index is 12.9. The lowest BCUT2D eigenvalue weighted by Gasteiger charge is -2.53. The summed E-state index contributed by atoms with van der Waals surface area (Å²) >= 11 is 0. The molecule has 0 bridgehead atoms. The number of nitrogens with zero attached hydrogens (tertiary/aromatic N) is 3. The van der Waals surface area contributed by atoms with Gasteiger partial charge in [-0.1, -0.05) is 18.2 Å². The Balaban J connectivity index is 1.64. The summed E-state index contributed by atoms with van der Waals surface area (Å²) in [5, 5.41) is 0. The number of hydrogen-bond donors (Lipinski definition) is 0. The van der Waals surface area contributed by atoms with Gasteiger partial charge in [-0.25, -0.2) is 0 Å². The van der Waals surface area contributed by atoms with Gasteiger partial charge in [0.1, 0.15) is 5.75 Å². The third kappa shape index (κ3) is 3.57. The standard InChI is InChI=1S/C19H29N3O2/c1-16(24-17-7-5-4-6-8-17)18(23)22-14-13-21(3)19(15-22)9-11-20(2)12-10-19/h4-8,16H,9-15H2,1-3H3/t16-/m1/s1. The second kappa shape index (κ2) is 7.11. The molecule has 5 nitrogen and oxygen atoms in total. The third-order valence-corrected chi connectivity index (χ3v) is 5.63. The van der Waals surface area contributed by atoms with Crippen molar-refractivity contribution in [3.8, 4) is 5.75 Å². The van der Waals surface area contributed by atoms with Crippen LogP contribution in [0.5, 0.6) is 5.75 Å². The summed E-state index contributed by atoms with van der Waals surface area (Å²) in [4.78, 5) is 19.7. The molecule has 1 aromatic rings. The molecule has 3 rings (SSSR count). The fourth-order valence-corrected chi connectivity index (χ4v) is 3.84. The van der Waals surface area contributed by atoms with Crippen molar-refractivity contribution in [3.05, 3.63) is 30.3 Å². The minimum atomic E-state index is -0.445. The molecule has 24 heavy (non-hydrogen) atoms. The van der Waals surface area contributed by atoms with E-state index in [2.05, 4.69) is 23.9 Å². The van der Waals surface area contributed by atoms with E-state index in [1.165, 1.54) is 0 Å². The lowest BCUT2D eigenvalue weighted by molar-refractivity contribution is -0.144. The normalized spacial score (nSPS) is 23.2. The van der Waals surface area contributed by atoms with Gasteiger partial charge in [0.05, 0.1) is 0 Å². The monoisotopic (exact) mass is 331 g/mol. The van der Waals surface area contributed by atoms with Crippen LogP contribution in [0.3, 0.4) is 0 Å². The first-order chi connectivity index (χ1) is 11.5. The molecule has 1 spiro atoms. The third-order valence-electron chi connectivity index (χ3n) is 5.63. The predicted molar refractivity (Wildman–Crippen MR) is 95.2 cm³/mol. The highest BCUT2D eigenvalue weighted by Crippen LogP contribution is 2.31. The fourth-order valence-electron chi connectivity index (χ4n) is 3.84. The second-order valence-electron chi connectivity index (χ2n) is 7.28. The molecule has 0 aliphatic carbocycles. The number of carbonyl (C=O) groups is 1. The molecule has 2 heterocycles. The van der Waals surface area contributed by atoms with Crippen molar-refractivity contribution in [1.29, 1.82) is 0 Å². The molecule has 132 valence electrons. The summed E-state index contributed by atoms with van der Waals surface area (Å²) < 4.78 is 5.84. The molecule has 0 saturated carbocycles. The van der Waals surface area contributed by atoms with Crippen LogP contribution in [0, 0.1) is 0 Å². The summed E-state index contributed by atoms with van der Waals surface area (Å²) in [6.07, 6.45) is 1.80. The number of ether oxygens (including phenoxy) is 1. The van der Waals surface area contributed by atoms with Gasteiger partial charge in [0.25, 0.3) is 5.91 Å². The summed E-state index contributed by atoms with van der Waals surface area (Å²) in [5.74, 6) is 0.853. The SMILES string of the molecule is C[C@@H](Oc1ccccc1)C(=O)N1CCN(C)C2(CCN(C)CC2)C1. The van der Waals surface area contributed by atoms with Crippen molar-refractivity contribution in [3.63, 3.8) is 0 Å². The Morgan fingerprint density at radius 3 is 2.42 bits per heavy atom. The molecule has 2 saturated heterocycles. The van der Waals surface area contributed by atoms with Crippen LogP contribution in [0.15, 0.2) is 30.3 Å². The molecule has 2 fully saturated rings. The van der Waals surface area contributed by atoms with Gasteiger partial charge < -0.3 is 14.5 Å². The highest BCUT2D eigenvalue weighted by molar-refractivity contribution is 5.81. The molecule has 0 N–H and O–H groups in total. The number of piperidine rings is 1. The molecule has 1 atom stereocenters. The van der Waals surface area contributed by atoms with E-state index in [1.54, 1.807) is 0 Å². The maximum absolute atomic E-state index is 12.9. The van der Waals surface area contributed by atoms with Gasteiger partial charge in [0.2, 0.25) is 0 Å². The van der Waals surface area contributed by atoms with Crippen molar-refractivity contribution in [1.82, 2.24) is 14.7 Å². The van der Waals surface area contributed by atoms with Crippen LogP contribution < -0.4 is 4.74 Å². The van der Waals surface area contributed by atoms with Crippen LogP contribution in [0.1, 0.15) is 19.8 Å². The summed E-state index contributed by atoms with van der Waals surface area (Å²) in [7, 11) is 4.38. The summed E-state index contributed by atoms with van der Waals surface area (Å²) in [5.41, 5.74) is 0.132. The molecule has 0 unspecified atom stereocenters. The number of likely N-dealkylation sites (N-methyl/N-ethyl adjacent to an activating group) is 1. The highest BCUT2D eigenvalue weighted by Gasteiger charge is 2.43. The van der Waals surface area contributed by atoms with E-state index in [9.17, 15) is 4.79 Å². The van der Waals surface area contributed by atoms with Crippen molar-refractivity contribution < 1.29 is 9.53 Å². The Morgan fingerprint density at radius 2 is 1.75 bits per heavy atom. The number of benzene rings is 1. The fraction of sp³-hybridized carbons (Fsp3) is 0.632. The van der Waals surface area contributed by atoms with Gasteiger partial charge in [-0.15, -0.1) is 0 Å². The topological polar surface area (TPSA) is 36.0 Å². The quantitative estimate of drug-likeness (QED) is 0.844. The van der Waals surface area contributed by atoms with E-state index in [0.717, 1.165) is 51.3 Å². The van der Waals surface area contributed by atoms with E-state index < -0.39 is 6.10 Å². The minimum absolute atomic E-state index is 0.102. The van der Waals surface area contributed by atoms with Crippen molar-refractivity contribution in [2.75, 3.05) is 46.8 Å². The van der Waals surface area contributed by atoms with Gasteiger partial charge in [-0.3, -0.25) is 9.69 Å². The Labute approximate surface area is 145 Å². The lowest BCUT2D eigenvalue weighted by Crippen LogP contribution is -2.65. The molecule has 0 radical (unpaired) electrons. The van der Waals surface area contributed by atoms with Crippen LogP contribution in [0.4, 0.5) is 0 Å². The Kier molecular flexibility index (Phi) is 5.11. The number of hydrogen-bond acceptors (Lipinski definition) is 4. The number of likely N-dealkylation sites (tertiary alicyclic amines) is 1. The molecular weight excluding hydrogens is 302 g/mol. The van der Waals surface area contributed by atoms with Gasteiger partial charge in [0.15, 0.2) is 6.10 Å². The van der Waals surface area contributed by atoms with Gasteiger partial charge in [-0.05, 0) is 59.1 Å². The molecule has 1 aromatic carbocycles. The molecule has 5 heteroatoms. The Bertz CT molecular complexity index is 555. The number of para-hydroxylation sites is 1. The average Bonchev–Trinajstić information content (AvgIpc) is 2.60. The van der Waals surface area contributed by atoms with Crippen molar-refractivity contribution in [2.45, 2.75) is 31.4 Å². The van der Waals surface area contributed by atoms with E-state index in [-0.39, 0.29) is 11.4 Å². The van der Waals surface area contributed by atoms with Crippen LogP contribution >= 0.6 is 0 Å². The van der Waals surface area contributed by atoms with Crippen molar-refractivity contribution in [2.24, 2.45) is 0 Å². The minimum Gasteiger partial charge on any atom is -0.481 e. The number of piperazine rings is 1. The van der Waals surface area contributed by atoms with E-state index in [4.69, 9.17) is 4.74 Å². The molecule has 1 amide bonds. The zero-order valence-electron chi connectivity index (χ0n) is 15.1. The van der Waals surface area contributed by atoms with E-state index in [1.807, 2.05) is 42.2 Å². The van der Waals surface area contributed by atoms with Crippen molar-refractivity contribution >= 4 is 5.91 Å². The zero-order valence-corrected chi connectivity index (χ0v) is 15.1. The van der Waals surface area contributed by atoms with Gasteiger partial charge >= 0.3 is 0 Å². The largest absolute Gasteiger partial charge is 0.481 e. The Hall–Kier alpha value is -1.59. The highest BCUT2D eigenvalue weighted by atomic mass is 16.5. The second-order valence-corrected chi connectivity index (χ2v) is 7.28. The van der Waals surface area contributed by atoms with E-state index in [0.29, 0.717) is 0 Å². The lowest BCUT2D eigenvalue weighted by atomic mass is 9.83. The van der Waals surface area contributed by atoms with Gasteiger partial charge in [-0.2, -0.15) is 0 Å². The maximum Gasteiger partial charge on any atom is 0.263 e. The van der Waals surface area contributed by atoms with Gasteiger partial charge in [0, 0.05) is 25.2 Å². The first-order valence-electron chi connectivity index (χ1n) is 8.90. The average molecular weight is 331 g/mol. The van der Waals surface area contributed by atoms with Crippen LogP contribution in [0.2, 0.25) is 0 Å². The van der Waals surface area contributed by atoms with E-state index >= 15 is 0 Å². The summed E-state index contributed by atoms with van der Waals surface area (Å²) in [6, 6.07) is 9.59. The molecule has 2 aliphatic heterocycles. The van der Waals surface area contributed by atoms with Crippen LogP contribution in [-0.4, -0.2) is 79.1 Å². The van der Waals surface area contributed by atoms with Crippen LogP contribution in [-0.2, 0) is 4.79 Å². The number of carbonyl (C=O) groups excluding carboxylic acids is 1. The Morgan fingerprint density at radius 1 is 1.08 bits per heavy atom.